The van der Waals surface area contributed by atoms with Crippen molar-refractivity contribution in [2.45, 2.75) is 12.3 Å². The maximum absolute atomic E-state index is 10.7. The zero-order valence-electron chi connectivity index (χ0n) is 60.9. The minimum atomic E-state index is -4.10. The van der Waals surface area contributed by atoms with E-state index < -0.39 is 295 Å². The molecule has 0 saturated heterocycles. The highest BCUT2D eigenvalue weighted by Crippen LogP contribution is 2.54. The Labute approximate surface area is 353 Å². The van der Waals surface area contributed by atoms with Crippen molar-refractivity contribution in [1.29, 1.82) is 0 Å². The van der Waals surface area contributed by atoms with Crippen LogP contribution in [0.25, 0.3) is 55.3 Å². The van der Waals surface area contributed by atoms with Crippen molar-refractivity contribution in [3.05, 3.63) is 210 Å². The molecule has 2 heteroatoms. The van der Waals surface area contributed by atoms with Crippen molar-refractivity contribution in [2.24, 2.45) is 0 Å². The zero-order valence-corrected chi connectivity index (χ0v) is 25.9. The Balaban J connectivity index is 1.58. The first-order valence-electron chi connectivity index (χ1n) is 32.6. The molecule has 52 heavy (non-hydrogen) atoms. The number of furan rings is 1. The van der Waals surface area contributed by atoms with E-state index in [1.807, 2.05) is 0 Å². The van der Waals surface area contributed by atoms with Crippen LogP contribution in [0, 0.1) is 0 Å². The molecular formula is C50H35NO. The van der Waals surface area contributed by atoms with Gasteiger partial charge in [0, 0.05) is 26.3 Å². The quantitative estimate of drug-likeness (QED) is 0.172. The van der Waals surface area contributed by atoms with Crippen molar-refractivity contribution in [3.63, 3.8) is 0 Å². The van der Waals surface area contributed by atoms with Crippen molar-refractivity contribution >= 4 is 39.0 Å². The third kappa shape index (κ3) is 4.72. The van der Waals surface area contributed by atoms with Crippen LogP contribution < -0.4 is 4.90 Å². The highest BCUT2D eigenvalue weighted by molar-refractivity contribution is 6.14. The van der Waals surface area contributed by atoms with Gasteiger partial charge in [0.05, 0.1) is 54.9 Å². The second-order valence-electron chi connectivity index (χ2n) is 11.0. The summed E-state index contributed by atoms with van der Waals surface area (Å²) in [5, 5.41) is -1.90. The molecule has 0 atom stereocenters. The van der Waals surface area contributed by atoms with Crippen LogP contribution in [0.3, 0.4) is 0 Å². The van der Waals surface area contributed by atoms with Crippen molar-refractivity contribution in [1.82, 2.24) is 0 Å². The van der Waals surface area contributed by atoms with Gasteiger partial charge in [-0.15, -0.1) is 0 Å². The molecule has 0 fully saturated rings. The Bertz CT molecular complexity index is 4560. The number of hydrogen-bond acceptors (Lipinski definition) is 2. The fraction of sp³-hybridized carbons (Fsp3) is 0.0400. The average molecular weight is 701 g/mol. The van der Waals surface area contributed by atoms with E-state index >= 15 is 0 Å². The molecule has 9 aromatic rings. The van der Waals surface area contributed by atoms with E-state index in [4.69, 9.17) is 27.7 Å². The third-order valence-electron chi connectivity index (χ3n) is 8.20. The lowest BCUT2D eigenvalue weighted by atomic mass is 9.74. The summed E-state index contributed by atoms with van der Waals surface area (Å²) in [4.78, 5) is 0.210. The standard InChI is InChI=1S/C50H35NO/c1-50(44-24-11-8-21-41(44)42-22-9-12-25-45(42)50)38-32-46(49-43-23-10-13-26-47(43)52-48(49)33-38)51(39-29-27-36(28-30-39)34-15-4-2-5-16-34)40-20-14-19-37(31-40)35-17-6-3-7-18-35/h2-33H,1H3/i1D3,2D,3D,4D,5D,6D,7D,8D,9D,10D,11D,12D,13D,14D,15D,16D,17D,18D,19D,20D,21D,22D,23D,24D,25D,26D,27D,28D,29D,30D,31D,32D,33D. The first kappa shape index (κ1) is 11.2. The molecule has 10 rings (SSSR count). The first-order chi connectivity index (χ1) is 40.2. The van der Waals surface area contributed by atoms with E-state index in [0.717, 1.165) is 0 Å². The number of hydrogen-bond donors (Lipinski definition) is 0. The van der Waals surface area contributed by atoms with E-state index in [1.165, 1.54) is 0 Å². The molecule has 0 spiro atoms. The van der Waals surface area contributed by atoms with E-state index in [0.29, 0.717) is 0 Å². The number of rotatable bonds is 6. The maximum atomic E-state index is 10.7. The maximum Gasteiger partial charge on any atom is 0.137 e. The van der Waals surface area contributed by atoms with Crippen molar-refractivity contribution < 1.29 is 52.4 Å². The van der Waals surface area contributed by atoms with Crippen LogP contribution in [0.4, 0.5) is 17.1 Å². The van der Waals surface area contributed by atoms with E-state index in [1.54, 1.807) is 0 Å². The van der Waals surface area contributed by atoms with Gasteiger partial charge in [-0.1, -0.05) is 151 Å². The molecule has 0 aliphatic heterocycles. The van der Waals surface area contributed by atoms with Crippen LogP contribution in [0.15, 0.2) is 198 Å². The number of anilines is 3. The molecule has 1 aliphatic rings. The molecule has 246 valence electrons. The van der Waals surface area contributed by atoms with Crippen molar-refractivity contribution in [2.75, 3.05) is 4.90 Å². The van der Waals surface area contributed by atoms with Crippen LogP contribution in [0.5, 0.6) is 0 Å². The molecule has 0 saturated carbocycles. The predicted octanol–water partition coefficient (Wildman–Crippen LogP) is 13.7. The van der Waals surface area contributed by atoms with Crippen molar-refractivity contribution in [3.8, 4) is 33.4 Å². The first-order valence-corrected chi connectivity index (χ1v) is 15.1. The molecule has 1 heterocycles. The monoisotopic (exact) mass is 700 g/mol. The molecule has 8 aromatic carbocycles. The Morgan fingerprint density at radius 3 is 1.75 bits per heavy atom. The highest BCUT2D eigenvalue weighted by Gasteiger charge is 2.41. The largest absolute Gasteiger partial charge is 0.456 e. The Morgan fingerprint density at radius 1 is 0.481 bits per heavy atom. The van der Waals surface area contributed by atoms with Gasteiger partial charge in [0.15, 0.2) is 0 Å². The summed E-state index contributed by atoms with van der Waals surface area (Å²) < 4.78 is 327. The Kier molecular flexibility index (Phi) is 2.58. The minimum absolute atomic E-state index is 0.210. The molecule has 0 bridgehead atoms. The summed E-state index contributed by atoms with van der Waals surface area (Å²) in [6.07, 6.45) is 0. The summed E-state index contributed by atoms with van der Waals surface area (Å²) in [6, 6.07) is -38.3. The predicted molar refractivity (Wildman–Crippen MR) is 217 cm³/mol. The summed E-state index contributed by atoms with van der Waals surface area (Å²) in [6.45, 7) is -4.10. The van der Waals surface area contributed by atoms with Crippen LogP contribution in [0.2, 0.25) is 0 Å². The minimum Gasteiger partial charge on any atom is -0.456 e. The topological polar surface area (TPSA) is 16.4 Å². The molecule has 1 aliphatic carbocycles. The van der Waals surface area contributed by atoms with Gasteiger partial charge in [0.25, 0.3) is 0 Å². The van der Waals surface area contributed by atoms with Gasteiger partial charge in [-0.3, -0.25) is 0 Å². The lowest BCUT2D eigenvalue weighted by Crippen LogP contribution is -2.23. The second kappa shape index (κ2) is 12.0. The molecular weight excluding hydrogens is 631 g/mol. The van der Waals surface area contributed by atoms with Crippen LogP contribution in [0.1, 0.15) is 71.5 Å². The number of nitrogens with zero attached hydrogens (tertiary/aromatic N) is 1. The van der Waals surface area contributed by atoms with Gasteiger partial charge in [-0.25, -0.2) is 0 Å². The fourth-order valence-electron chi connectivity index (χ4n) is 5.95. The van der Waals surface area contributed by atoms with Gasteiger partial charge >= 0.3 is 0 Å². The molecule has 0 amide bonds. The van der Waals surface area contributed by atoms with Crippen LogP contribution in [-0.2, 0) is 5.41 Å². The smallest absolute Gasteiger partial charge is 0.137 e. The normalized spacial score (nSPS) is 22.6. The summed E-state index contributed by atoms with van der Waals surface area (Å²) in [7, 11) is 0. The fourth-order valence-corrected chi connectivity index (χ4v) is 5.95. The van der Waals surface area contributed by atoms with Gasteiger partial charge in [0.1, 0.15) is 11.2 Å². The third-order valence-corrected chi connectivity index (χ3v) is 8.20. The lowest BCUT2D eigenvalue weighted by molar-refractivity contribution is 0.662. The molecule has 2 nitrogen and oxygen atoms in total. The summed E-state index contributed by atoms with van der Waals surface area (Å²) in [5.41, 5.74) is -19.6. The van der Waals surface area contributed by atoms with Gasteiger partial charge < -0.3 is 9.32 Å². The van der Waals surface area contributed by atoms with E-state index in [9.17, 15) is 24.7 Å². The second-order valence-corrected chi connectivity index (χ2v) is 11.0. The van der Waals surface area contributed by atoms with Gasteiger partial charge in [0.2, 0.25) is 0 Å². The number of fused-ring (bicyclic) bond motifs is 6. The molecule has 0 unspecified atom stereocenters. The lowest BCUT2D eigenvalue weighted by Gasteiger charge is -2.32. The number of benzene rings is 8. The summed E-state index contributed by atoms with van der Waals surface area (Å²) in [5.74, 6) is 0. The van der Waals surface area contributed by atoms with E-state index in [-0.39, 0.29) is 4.90 Å². The highest BCUT2D eigenvalue weighted by atomic mass is 16.3. The average Bonchev–Trinajstić information content (AvgIpc) is 1.54. The van der Waals surface area contributed by atoms with Crippen LogP contribution >= 0.6 is 0 Å². The SMILES string of the molecule is [2H]c1c([2H])c([2H])c(-c2c([2H])c([2H])c(N(c3c([2H])c([2H])c([2H])c(-c4c([2H])c([2H])c([2H])c([2H])c4[2H])c3[2H])c3c([2H])c(C4(C([2H])([2H])[2H])c5c([2H])c([2H])c([2H])c([2H])c5-c5c([2H])c([2H])c([2H])c([2H])c54)c([2H])c4oc5c([2H])c([2H])c([2H])c([2H])c5c34)c([2H])c2[2H])c([2H])c1[2H]. The molecule has 0 N–H and O–H groups in total. The van der Waals surface area contributed by atoms with Crippen LogP contribution in [-0.4, -0.2) is 0 Å². The summed E-state index contributed by atoms with van der Waals surface area (Å²) >= 11 is 0. The van der Waals surface area contributed by atoms with Gasteiger partial charge in [-0.2, -0.15) is 0 Å². The number of para-hydroxylation sites is 1. The van der Waals surface area contributed by atoms with E-state index in [2.05, 4.69) is 0 Å². The van der Waals surface area contributed by atoms with Gasteiger partial charge in [-0.05, 0) is 99.2 Å². The Morgan fingerprint density at radius 2 is 1.06 bits per heavy atom. The molecule has 0 radical (unpaired) electrons. The zero-order chi connectivity index (χ0) is 65.0. The molecule has 1 aromatic heterocycles. The Hall–Kier alpha value is -6.64.